The Balaban J connectivity index is 2.32. The average Bonchev–Trinajstić information content (AvgIpc) is 2.14. The summed E-state index contributed by atoms with van der Waals surface area (Å²) in [5, 5.41) is 8.87. The van der Waals surface area contributed by atoms with Crippen LogP contribution < -0.4 is 0 Å². The second-order valence-corrected chi connectivity index (χ2v) is 2.36. The number of carbonyl (C=O) groups excluding carboxylic acids is 1. The molecule has 0 amide bonds. The fourth-order valence-corrected chi connectivity index (χ4v) is 1.12. The van der Waals surface area contributed by atoms with Gasteiger partial charge in [0.15, 0.2) is 0 Å². The lowest BCUT2D eigenvalue weighted by molar-refractivity contribution is -0.111. The standard InChI is InChI=1S/C6H10O2/c7-4-5-1-2-6(8)3-5/h4-6,8H,1-3H2. The van der Waals surface area contributed by atoms with Crippen LogP contribution >= 0.6 is 0 Å². The van der Waals surface area contributed by atoms with Gasteiger partial charge in [0, 0.05) is 5.92 Å². The summed E-state index contributed by atoms with van der Waals surface area (Å²) in [4.78, 5) is 10.0. The number of aldehydes is 1. The second kappa shape index (κ2) is 2.27. The third-order valence-corrected chi connectivity index (χ3v) is 1.64. The molecular formula is C6H10O2. The molecule has 46 valence electrons. The second-order valence-electron chi connectivity index (χ2n) is 2.36. The molecule has 0 saturated heterocycles. The van der Waals surface area contributed by atoms with Gasteiger partial charge in [-0.15, -0.1) is 0 Å². The summed E-state index contributed by atoms with van der Waals surface area (Å²) < 4.78 is 0. The zero-order chi connectivity index (χ0) is 5.98. The third-order valence-electron chi connectivity index (χ3n) is 1.64. The molecule has 2 atom stereocenters. The molecule has 0 aromatic heterocycles. The van der Waals surface area contributed by atoms with Gasteiger partial charge in [-0.05, 0) is 19.3 Å². The molecule has 0 heterocycles. The lowest BCUT2D eigenvalue weighted by Gasteiger charge is -1.95. The molecule has 0 aromatic carbocycles. The maximum Gasteiger partial charge on any atom is 0.123 e. The monoisotopic (exact) mass is 114 g/mol. The zero-order valence-corrected chi connectivity index (χ0v) is 4.71. The first-order valence-electron chi connectivity index (χ1n) is 2.96. The highest BCUT2D eigenvalue weighted by Crippen LogP contribution is 2.22. The zero-order valence-electron chi connectivity index (χ0n) is 4.71. The molecule has 2 nitrogen and oxygen atoms in total. The Labute approximate surface area is 48.5 Å². The number of aliphatic hydroxyl groups is 1. The summed E-state index contributed by atoms with van der Waals surface area (Å²) in [6.07, 6.45) is 3.11. The van der Waals surface area contributed by atoms with Gasteiger partial charge in [0.2, 0.25) is 0 Å². The van der Waals surface area contributed by atoms with Crippen molar-refractivity contribution >= 4 is 6.29 Å². The molecule has 2 heteroatoms. The van der Waals surface area contributed by atoms with Gasteiger partial charge in [-0.1, -0.05) is 0 Å². The van der Waals surface area contributed by atoms with E-state index in [-0.39, 0.29) is 12.0 Å². The van der Waals surface area contributed by atoms with E-state index in [9.17, 15) is 4.79 Å². The molecule has 1 aliphatic carbocycles. The molecule has 0 spiro atoms. The largest absolute Gasteiger partial charge is 0.393 e. The lowest BCUT2D eigenvalue weighted by atomic mass is 10.1. The minimum absolute atomic E-state index is 0.144. The van der Waals surface area contributed by atoms with E-state index in [2.05, 4.69) is 0 Å². The van der Waals surface area contributed by atoms with Crippen LogP contribution in [0.1, 0.15) is 19.3 Å². The van der Waals surface area contributed by atoms with Crippen LogP contribution in [0.15, 0.2) is 0 Å². The highest BCUT2D eigenvalue weighted by molar-refractivity contribution is 5.53. The Hall–Kier alpha value is -0.370. The fourth-order valence-electron chi connectivity index (χ4n) is 1.12. The van der Waals surface area contributed by atoms with Crippen molar-refractivity contribution in [3.63, 3.8) is 0 Å². The molecule has 1 N–H and O–H groups in total. The van der Waals surface area contributed by atoms with E-state index in [0.29, 0.717) is 6.42 Å². The molecule has 8 heavy (non-hydrogen) atoms. The first-order valence-corrected chi connectivity index (χ1v) is 2.96. The van der Waals surface area contributed by atoms with Gasteiger partial charge >= 0.3 is 0 Å². The predicted molar refractivity (Wildman–Crippen MR) is 29.4 cm³/mol. The minimum atomic E-state index is -0.204. The van der Waals surface area contributed by atoms with E-state index in [0.717, 1.165) is 19.1 Å². The normalized spacial score (nSPS) is 37.6. The van der Waals surface area contributed by atoms with Crippen molar-refractivity contribution in [3.05, 3.63) is 0 Å². The van der Waals surface area contributed by atoms with Gasteiger partial charge < -0.3 is 9.90 Å². The van der Waals surface area contributed by atoms with Crippen molar-refractivity contribution in [2.24, 2.45) is 5.92 Å². The summed E-state index contributed by atoms with van der Waals surface area (Å²) in [5.74, 6) is 0.144. The molecule has 1 fully saturated rings. The molecule has 1 aliphatic rings. The van der Waals surface area contributed by atoms with Crippen LogP contribution in [0.25, 0.3) is 0 Å². The van der Waals surface area contributed by atoms with Gasteiger partial charge in [-0.2, -0.15) is 0 Å². The third kappa shape index (κ3) is 1.07. The van der Waals surface area contributed by atoms with Gasteiger partial charge in [-0.3, -0.25) is 0 Å². The molecule has 1 rings (SSSR count). The van der Waals surface area contributed by atoms with Crippen molar-refractivity contribution in [2.45, 2.75) is 25.4 Å². The van der Waals surface area contributed by atoms with E-state index in [1.807, 2.05) is 0 Å². The molecule has 1 saturated carbocycles. The van der Waals surface area contributed by atoms with Crippen molar-refractivity contribution in [3.8, 4) is 0 Å². The first kappa shape index (κ1) is 5.76. The summed E-state index contributed by atoms with van der Waals surface area (Å²) >= 11 is 0. The van der Waals surface area contributed by atoms with Gasteiger partial charge in [0.25, 0.3) is 0 Å². The highest BCUT2D eigenvalue weighted by atomic mass is 16.3. The molecular weight excluding hydrogens is 104 g/mol. The Morgan fingerprint density at radius 1 is 1.50 bits per heavy atom. The first-order chi connectivity index (χ1) is 3.83. The molecule has 0 radical (unpaired) electrons. The van der Waals surface area contributed by atoms with Crippen molar-refractivity contribution in [1.82, 2.24) is 0 Å². The van der Waals surface area contributed by atoms with E-state index < -0.39 is 0 Å². The molecule has 2 unspecified atom stereocenters. The lowest BCUT2D eigenvalue weighted by Crippen LogP contribution is -2.00. The van der Waals surface area contributed by atoms with Gasteiger partial charge in [-0.25, -0.2) is 0 Å². The van der Waals surface area contributed by atoms with Crippen LogP contribution in [0.2, 0.25) is 0 Å². The van der Waals surface area contributed by atoms with E-state index in [4.69, 9.17) is 5.11 Å². The molecule has 0 aromatic rings. The Morgan fingerprint density at radius 3 is 2.50 bits per heavy atom. The van der Waals surface area contributed by atoms with Crippen molar-refractivity contribution in [2.75, 3.05) is 0 Å². The van der Waals surface area contributed by atoms with Crippen LogP contribution in [0, 0.1) is 5.92 Å². The summed E-state index contributed by atoms with van der Waals surface area (Å²) in [6, 6.07) is 0. The predicted octanol–water partition coefficient (Wildman–Crippen LogP) is 0.346. The van der Waals surface area contributed by atoms with Gasteiger partial charge in [0.05, 0.1) is 6.10 Å². The Morgan fingerprint density at radius 2 is 2.25 bits per heavy atom. The number of hydrogen-bond acceptors (Lipinski definition) is 2. The van der Waals surface area contributed by atoms with E-state index >= 15 is 0 Å². The number of hydrogen-bond donors (Lipinski definition) is 1. The molecule has 0 bridgehead atoms. The van der Waals surface area contributed by atoms with Crippen molar-refractivity contribution in [1.29, 1.82) is 0 Å². The number of aliphatic hydroxyl groups excluding tert-OH is 1. The SMILES string of the molecule is O=CC1CCC(O)C1. The highest BCUT2D eigenvalue weighted by Gasteiger charge is 2.21. The Bertz CT molecular complexity index is 90.5. The minimum Gasteiger partial charge on any atom is -0.393 e. The van der Waals surface area contributed by atoms with Crippen LogP contribution in [-0.2, 0) is 4.79 Å². The summed E-state index contributed by atoms with van der Waals surface area (Å²) in [6.45, 7) is 0. The van der Waals surface area contributed by atoms with Crippen LogP contribution in [-0.4, -0.2) is 17.5 Å². The topological polar surface area (TPSA) is 37.3 Å². The summed E-state index contributed by atoms with van der Waals surface area (Å²) in [5.41, 5.74) is 0. The Kier molecular flexibility index (Phi) is 1.63. The van der Waals surface area contributed by atoms with E-state index in [1.54, 1.807) is 0 Å². The fraction of sp³-hybridized carbons (Fsp3) is 0.833. The maximum atomic E-state index is 10.0. The number of rotatable bonds is 1. The number of carbonyl (C=O) groups is 1. The van der Waals surface area contributed by atoms with Crippen LogP contribution in [0.5, 0.6) is 0 Å². The van der Waals surface area contributed by atoms with Crippen LogP contribution in [0.3, 0.4) is 0 Å². The quantitative estimate of drug-likeness (QED) is 0.499. The van der Waals surface area contributed by atoms with Crippen molar-refractivity contribution < 1.29 is 9.90 Å². The van der Waals surface area contributed by atoms with Crippen LogP contribution in [0.4, 0.5) is 0 Å². The smallest absolute Gasteiger partial charge is 0.123 e. The molecule has 0 aliphatic heterocycles. The average molecular weight is 114 g/mol. The summed E-state index contributed by atoms with van der Waals surface area (Å²) in [7, 11) is 0. The van der Waals surface area contributed by atoms with Gasteiger partial charge in [0.1, 0.15) is 6.29 Å². The maximum absolute atomic E-state index is 10.0. The van der Waals surface area contributed by atoms with E-state index in [1.165, 1.54) is 0 Å².